The van der Waals surface area contributed by atoms with Crippen LogP contribution in [0.4, 0.5) is 16.3 Å². The molecule has 0 atom stereocenters. The molecule has 0 aliphatic rings. The number of urea groups is 1. The first-order valence-corrected chi connectivity index (χ1v) is 7.34. The van der Waals surface area contributed by atoms with E-state index in [0.29, 0.717) is 22.4 Å². The zero-order chi connectivity index (χ0) is 14.8. The van der Waals surface area contributed by atoms with Crippen LogP contribution in [0.2, 0.25) is 4.34 Å². The fraction of sp³-hybridized carbons (Fsp3) is 0.0769. The van der Waals surface area contributed by atoms with E-state index in [2.05, 4.69) is 20.8 Å². The molecule has 0 aliphatic heterocycles. The van der Waals surface area contributed by atoms with Crippen LogP contribution in [-0.4, -0.2) is 16.2 Å². The number of rotatable bonds is 3. The van der Waals surface area contributed by atoms with Gasteiger partial charge in [0.15, 0.2) is 5.82 Å². The molecule has 108 valence electrons. The van der Waals surface area contributed by atoms with Crippen molar-refractivity contribution in [2.75, 3.05) is 11.1 Å². The number of hydrogen-bond acceptors (Lipinski definition) is 4. The minimum absolute atomic E-state index is 0.291. The molecular formula is C13H12ClN5OS. The van der Waals surface area contributed by atoms with Gasteiger partial charge >= 0.3 is 6.03 Å². The van der Waals surface area contributed by atoms with Crippen molar-refractivity contribution in [3.8, 4) is 0 Å². The monoisotopic (exact) mass is 321 g/mol. The number of aromatic nitrogens is 2. The molecule has 5 N–H and O–H groups in total. The van der Waals surface area contributed by atoms with Crippen LogP contribution in [0, 0.1) is 0 Å². The van der Waals surface area contributed by atoms with E-state index in [0.717, 1.165) is 15.8 Å². The van der Waals surface area contributed by atoms with Crippen molar-refractivity contribution >= 4 is 51.4 Å². The summed E-state index contributed by atoms with van der Waals surface area (Å²) in [4.78, 5) is 12.8. The number of nitrogen functional groups attached to an aromatic ring is 1. The van der Waals surface area contributed by atoms with Crippen LogP contribution in [0.3, 0.4) is 0 Å². The smallest absolute Gasteiger partial charge is 0.319 e. The van der Waals surface area contributed by atoms with E-state index in [1.54, 1.807) is 18.2 Å². The van der Waals surface area contributed by atoms with Gasteiger partial charge in [0.25, 0.3) is 0 Å². The molecule has 0 aliphatic carbocycles. The molecule has 0 radical (unpaired) electrons. The summed E-state index contributed by atoms with van der Waals surface area (Å²) < 4.78 is 0.702. The SMILES string of the molecule is Nc1n[nH]c2ccc(NC(=O)NCc3ccc(Cl)s3)cc12. The van der Waals surface area contributed by atoms with Gasteiger partial charge in [0, 0.05) is 16.0 Å². The highest BCUT2D eigenvalue weighted by molar-refractivity contribution is 7.16. The molecular weight excluding hydrogens is 310 g/mol. The lowest BCUT2D eigenvalue weighted by Crippen LogP contribution is -2.27. The molecule has 0 bridgehead atoms. The van der Waals surface area contributed by atoms with Gasteiger partial charge in [0.1, 0.15) is 0 Å². The summed E-state index contributed by atoms with van der Waals surface area (Å²) in [5, 5.41) is 13.0. The summed E-state index contributed by atoms with van der Waals surface area (Å²) in [7, 11) is 0. The Morgan fingerprint density at radius 3 is 3.00 bits per heavy atom. The standard InChI is InChI=1S/C13H12ClN5OS/c14-11-4-2-8(21-11)6-16-13(20)17-7-1-3-10-9(5-7)12(15)19-18-10/h1-5H,6H2,(H3,15,18,19)(H2,16,17,20). The van der Waals surface area contributed by atoms with Crippen molar-refractivity contribution in [3.05, 3.63) is 39.5 Å². The van der Waals surface area contributed by atoms with Crippen molar-refractivity contribution in [1.29, 1.82) is 0 Å². The number of fused-ring (bicyclic) bond motifs is 1. The van der Waals surface area contributed by atoms with Gasteiger partial charge in [0.2, 0.25) is 0 Å². The number of halogens is 1. The van der Waals surface area contributed by atoms with Crippen molar-refractivity contribution < 1.29 is 4.79 Å². The number of aromatic amines is 1. The van der Waals surface area contributed by atoms with Gasteiger partial charge < -0.3 is 16.4 Å². The minimum atomic E-state index is -0.291. The molecule has 8 heteroatoms. The van der Waals surface area contributed by atoms with Crippen LogP contribution in [0.5, 0.6) is 0 Å². The normalized spacial score (nSPS) is 10.7. The third kappa shape index (κ3) is 3.09. The Balaban J connectivity index is 1.64. The zero-order valence-corrected chi connectivity index (χ0v) is 12.4. The summed E-state index contributed by atoms with van der Waals surface area (Å²) in [5.41, 5.74) is 7.21. The largest absolute Gasteiger partial charge is 0.382 e. The first-order valence-electron chi connectivity index (χ1n) is 6.14. The van der Waals surface area contributed by atoms with Crippen LogP contribution < -0.4 is 16.4 Å². The number of benzene rings is 1. The molecule has 2 heterocycles. The van der Waals surface area contributed by atoms with E-state index in [-0.39, 0.29) is 6.03 Å². The molecule has 1 aromatic carbocycles. The number of amides is 2. The molecule has 0 fully saturated rings. The maximum Gasteiger partial charge on any atom is 0.319 e. The van der Waals surface area contributed by atoms with Crippen LogP contribution in [0.25, 0.3) is 10.9 Å². The second-order valence-electron chi connectivity index (χ2n) is 4.38. The predicted molar refractivity (Wildman–Crippen MR) is 85.7 cm³/mol. The van der Waals surface area contributed by atoms with E-state index in [1.165, 1.54) is 11.3 Å². The third-order valence-electron chi connectivity index (χ3n) is 2.90. The van der Waals surface area contributed by atoms with Gasteiger partial charge in [0.05, 0.1) is 16.4 Å². The van der Waals surface area contributed by atoms with Crippen LogP contribution in [0.1, 0.15) is 4.88 Å². The zero-order valence-electron chi connectivity index (χ0n) is 10.8. The Labute approximate surface area is 129 Å². The lowest BCUT2D eigenvalue weighted by Gasteiger charge is -2.06. The first kappa shape index (κ1) is 13.7. The molecule has 21 heavy (non-hydrogen) atoms. The van der Waals surface area contributed by atoms with Crippen molar-refractivity contribution in [2.45, 2.75) is 6.54 Å². The average molecular weight is 322 g/mol. The number of nitrogens with one attached hydrogen (secondary N) is 3. The van der Waals surface area contributed by atoms with Crippen LogP contribution >= 0.6 is 22.9 Å². The number of nitrogens with zero attached hydrogens (tertiary/aromatic N) is 1. The first-order chi connectivity index (χ1) is 10.1. The molecule has 0 saturated heterocycles. The molecule has 0 unspecified atom stereocenters. The molecule has 2 amide bonds. The highest BCUT2D eigenvalue weighted by atomic mass is 35.5. The summed E-state index contributed by atoms with van der Waals surface area (Å²) in [6, 6.07) is 8.76. The Hall–Kier alpha value is -2.25. The molecule has 6 nitrogen and oxygen atoms in total. The molecule has 2 aromatic heterocycles. The highest BCUT2D eigenvalue weighted by Gasteiger charge is 2.06. The lowest BCUT2D eigenvalue weighted by atomic mass is 10.2. The average Bonchev–Trinajstić information content (AvgIpc) is 3.04. The van der Waals surface area contributed by atoms with Gasteiger partial charge in [-0.25, -0.2) is 4.79 Å². The van der Waals surface area contributed by atoms with E-state index in [9.17, 15) is 4.79 Å². The Morgan fingerprint density at radius 1 is 1.38 bits per heavy atom. The second kappa shape index (κ2) is 5.63. The number of carbonyl (C=O) groups excluding carboxylic acids is 1. The number of hydrogen-bond donors (Lipinski definition) is 4. The predicted octanol–water partition coefficient (Wildman–Crippen LogP) is 3.18. The van der Waals surface area contributed by atoms with Crippen LogP contribution in [-0.2, 0) is 6.54 Å². The number of H-pyrrole nitrogens is 1. The van der Waals surface area contributed by atoms with Crippen molar-refractivity contribution in [1.82, 2.24) is 15.5 Å². The Bertz CT molecular complexity index is 797. The summed E-state index contributed by atoms with van der Waals surface area (Å²) in [6.07, 6.45) is 0. The maximum atomic E-state index is 11.8. The van der Waals surface area contributed by atoms with Crippen molar-refractivity contribution in [2.24, 2.45) is 0 Å². The fourth-order valence-corrected chi connectivity index (χ4v) is 2.93. The fourth-order valence-electron chi connectivity index (χ4n) is 1.90. The van der Waals surface area contributed by atoms with E-state index >= 15 is 0 Å². The van der Waals surface area contributed by atoms with E-state index in [4.69, 9.17) is 17.3 Å². The number of nitrogens with two attached hydrogens (primary N) is 1. The quantitative estimate of drug-likeness (QED) is 0.596. The van der Waals surface area contributed by atoms with Crippen LogP contribution in [0.15, 0.2) is 30.3 Å². The molecule has 3 aromatic rings. The van der Waals surface area contributed by atoms with Gasteiger partial charge in [-0.2, -0.15) is 5.10 Å². The van der Waals surface area contributed by atoms with E-state index in [1.807, 2.05) is 12.1 Å². The van der Waals surface area contributed by atoms with Gasteiger partial charge in [-0.1, -0.05) is 11.6 Å². The number of carbonyl (C=O) groups is 1. The van der Waals surface area contributed by atoms with Gasteiger partial charge in [-0.3, -0.25) is 5.10 Å². The summed E-state index contributed by atoms with van der Waals surface area (Å²) in [5.74, 6) is 0.405. The minimum Gasteiger partial charge on any atom is -0.382 e. The highest BCUT2D eigenvalue weighted by Crippen LogP contribution is 2.22. The number of anilines is 2. The van der Waals surface area contributed by atoms with Crippen molar-refractivity contribution in [3.63, 3.8) is 0 Å². The maximum absolute atomic E-state index is 11.8. The topological polar surface area (TPSA) is 95.8 Å². The molecule has 0 saturated carbocycles. The Kier molecular flexibility index (Phi) is 3.68. The van der Waals surface area contributed by atoms with E-state index < -0.39 is 0 Å². The summed E-state index contributed by atoms with van der Waals surface area (Å²) >= 11 is 7.27. The van der Waals surface area contributed by atoms with Gasteiger partial charge in [-0.15, -0.1) is 11.3 Å². The molecule has 0 spiro atoms. The molecule has 3 rings (SSSR count). The number of thiophene rings is 1. The van der Waals surface area contributed by atoms with Gasteiger partial charge in [-0.05, 0) is 30.3 Å². The summed E-state index contributed by atoms with van der Waals surface area (Å²) in [6.45, 7) is 0.430. The third-order valence-corrected chi connectivity index (χ3v) is 4.13. The Morgan fingerprint density at radius 2 is 2.24 bits per heavy atom. The second-order valence-corrected chi connectivity index (χ2v) is 6.18. The lowest BCUT2D eigenvalue weighted by molar-refractivity contribution is 0.252.